The summed E-state index contributed by atoms with van der Waals surface area (Å²) >= 11 is 0. The van der Waals surface area contributed by atoms with Crippen LogP contribution in [0.5, 0.6) is 5.75 Å². The van der Waals surface area contributed by atoms with Crippen molar-refractivity contribution in [2.75, 3.05) is 13.1 Å². The van der Waals surface area contributed by atoms with Crippen molar-refractivity contribution < 1.29 is 14.3 Å². The van der Waals surface area contributed by atoms with Gasteiger partial charge in [0, 0.05) is 19.5 Å². The predicted molar refractivity (Wildman–Crippen MR) is 118 cm³/mol. The third kappa shape index (κ3) is 5.62. The lowest BCUT2D eigenvalue weighted by Gasteiger charge is -2.26. The number of hydrogen-bond acceptors (Lipinski definition) is 3. The number of nitrogens with zero attached hydrogens (tertiary/aromatic N) is 1. The first-order valence-corrected chi connectivity index (χ1v) is 10.6. The summed E-state index contributed by atoms with van der Waals surface area (Å²) in [5, 5.41) is 3.08. The van der Waals surface area contributed by atoms with E-state index in [9.17, 15) is 9.59 Å². The van der Waals surface area contributed by atoms with Crippen LogP contribution in [0.25, 0.3) is 0 Å². The van der Waals surface area contributed by atoms with Crippen LogP contribution >= 0.6 is 0 Å². The van der Waals surface area contributed by atoms with Crippen molar-refractivity contribution in [3.63, 3.8) is 0 Å². The lowest BCUT2D eigenvalue weighted by molar-refractivity contribution is -0.131. The zero-order valence-corrected chi connectivity index (χ0v) is 18.4. The fourth-order valence-corrected chi connectivity index (χ4v) is 3.62. The number of amides is 2. The molecule has 1 saturated heterocycles. The van der Waals surface area contributed by atoms with Gasteiger partial charge < -0.3 is 15.0 Å². The summed E-state index contributed by atoms with van der Waals surface area (Å²) in [6.07, 6.45) is 0.809. The van der Waals surface area contributed by atoms with Gasteiger partial charge in [0.25, 0.3) is 5.91 Å². The first kappa shape index (κ1) is 21.9. The quantitative estimate of drug-likeness (QED) is 0.746. The van der Waals surface area contributed by atoms with Gasteiger partial charge in [-0.05, 0) is 42.0 Å². The van der Waals surface area contributed by atoms with Crippen molar-refractivity contribution in [3.8, 4) is 5.75 Å². The van der Waals surface area contributed by atoms with Crippen molar-refractivity contribution >= 4 is 11.8 Å². The van der Waals surface area contributed by atoms with E-state index in [1.807, 2.05) is 59.5 Å². The Hall–Kier alpha value is -2.82. The highest BCUT2D eigenvalue weighted by Crippen LogP contribution is 2.25. The van der Waals surface area contributed by atoms with Crippen LogP contribution in [0.4, 0.5) is 0 Å². The van der Waals surface area contributed by atoms with Gasteiger partial charge in [-0.25, -0.2) is 0 Å². The van der Waals surface area contributed by atoms with E-state index in [2.05, 4.69) is 26.1 Å². The molecule has 2 amide bonds. The summed E-state index contributed by atoms with van der Waals surface area (Å²) in [5.41, 5.74) is 2.26. The molecule has 1 heterocycles. The standard InChI is InChI=1S/C25H32N2O3/c1-18(30-21-14-12-20(13-15-21)25(2,3)4)24(29)26-22(19-9-6-5-7-10-19)17-27-16-8-11-23(27)28/h5-7,9-10,12-15,18,22H,8,11,16-17H2,1-4H3,(H,26,29). The molecule has 1 fully saturated rings. The van der Waals surface area contributed by atoms with Crippen molar-refractivity contribution in [1.82, 2.24) is 10.2 Å². The van der Waals surface area contributed by atoms with Gasteiger partial charge in [0.15, 0.2) is 6.10 Å². The monoisotopic (exact) mass is 408 g/mol. The van der Waals surface area contributed by atoms with E-state index in [0.29, 0.717) is 18.7 Å². The molecule has 1 aliphatic heterocycles. The number of benzene rings is 2. The minimum absolute atomic E-state index is 0.0669. The summed E-state index contributed by atoms with van der Waals surface area (Å²) in [4.78, 5) is 26.8. The number of rotatable bonds is 7. The van der Waals surface area contributed by atoms with Gasteiger partial charge >= 0.3 is 0 Å². The molecule has 0 aromatic heterocycles. The Labute approximate surface area is 179 Å². The van der Waals surface area contributed by atoms with E-state index in [1.54, 1.807) is 6.92 Å². The Balaban J connectivity index is 1.66. The van der Waals surface area contributed by atoms with Crippen molar-refractivity contribution in [2.24, 2.45) is 0 Å². The molecule has 0 spiro atoms. The van der Waals surface area contributed by atoms with Gasteiger partial charge in [-0.15, -0.1) is 0 Å². The zero-order chi connectivity index (χ0) is 21.7. The maximum atomic E-state index is 12.9. The van der Waals surface area contributed by atoms with Crippen LogP contribution in [0.15, 0.2) is 54.6 Å². The second kappa shape index (κ2) is 9.33. The number of likely N-dealkylation sites (tertiary alicyclic amines) is 1. The maximum absolute atomic E-state index is 12.9. The van der Waals surface area contributed by atoms with Gasteiger partial charge in [0.1, 0.15) is 5.75 Å². The van der Waals surface area contributed by atoms with Gasteiger partial charge in [0.05, 0.1) is 6.04 Å². The van der Waals surface area contributed by atoms with E-state index in [0.717, 1.165) is 18.5 Å². The summed E-state index contributed by atoms with van der Waals surface area (Å²) in [6, 6.07) is 17.4. The van der Waals surface area contributed by atoms with Crippen LogP contribution in [0.2, 0.25) is 0 Å². The number of hydrogen-bond donors (Lipinski definition) is 1. The zero-order valence-electron chi connectivity index (χ0n) is 18.4. The van der Waals surface area contributed by atoms with Gasteiger partial charge in [-0.1, -0.05) is 63.2 Å². The normalized spacial score (nSPS) is 16.3. The molecule has 160 valence electrons. The van der Waals surface area contributed by atoms with E-state index in [1.165, 1.54) is 5.56 Å². The largest absolute Gasteiger partial charge is 0.481 e. The Bertz CT molecular complexity index is 856. The van der Waals surface area contributed by atoms with Crippen LogP contribution in [-0.4, -0.2) is 35.9 Å². The summed E-state index contributed by atoms with van der Waals surface area (Å²) in [5.74, 6) is 0.612. The first-order valence-electron chi connectivity index (χ1n) is 10.6. The number of carbonyl (C=O) groups is 2. The third-order valence-electron chi connectivity index (χ3n) is 5.50. The first-order chi connectivity index (χ1) is 14.2. The average molecular weight is 409 g/mol. The molecule has 1 N–H and O–H groups in total. The van der Waals surface area contributed by atoms with E-state index < -0.39 is 6.10 Å². The molecule has 0 saturated carbocycles. The van der Waals surface area contributed by atoms with Crippen LogP contribution in [0.1, 0.15) is 57.7 Å². The lowest BCUT2D eigenvalue weighted by Crippen LogP contribution is -2.43. The van der Waals surface area contributed by atoms with Crippen molar-refractivity contribution in [1.29, 1.82) is 0 Å². The van der Waals surface area contributed by atoms with E-state index >= 15 is 0 Å². The molecule has 2 aromatic rings. The predicted octanol–water partition coefficient (Wildman–Crippen LogP) is 4.23. The van der Waals surface area contributed by atoms with Gasteiger partial charge in [-0.2, -0.15) is 0 Å². The van der Waals surface area contributed by atoms with E-state index in [4.69, 9.17) is 4.74 Å². The van der Waals surface area contributed by atoms with E-state index in [-0.39, 0.29) is 23.3 Å². The average Bonchev–Trinajstić information content (AvgIpc) is 3.12. The Morgan fingerprint density at radius 2 is 1.77 bits per heavy atom. The summed E-state index contributed by atoms with van der Waals surface area (Å²) in [7, 11) is 0. The minimum atomic E-state index is -0.647. The minimum Gasteiger partial charge on any atom is -0.481 e. The molecule has 0 aliphatic carbocycles. The van der Waals surface area contributed by atoms with Crippen LogP contribution in [0.3, 0.4) is 0 Å². The Morgan fingerprint density at radius 1 is 1.10 bits per heavy atom. The molecule has 30 heavy (non-hydrogen) atoms. The van der Waals surface area contributed by atoms with Crippen molar-refractivity contribution in [2.45, 2.75) is 58.1 Å². The summed E-state index contributed by atoms with van der Waals surface area (Å²) < 4.78 is 5.88. The second-order valence-corrected chi connectivity index (χ2v) is 8.95. The molecule has 2 aromatic carbocycles. The molecule has 5 heteroatoms. The molecule has 0 bridgehead atoms. The highest BCUT2D eigenvalue weighted by atomic mass is 16.5. The highest BCUT2D eigenvalue weighted by molar-refractivity contribution is 5.81. The van der Waals surface area contributed by atoms with Gasteiger partial charge in [0.2, 0.25) is 5.91 Å². The Kier molecular flexibility index (Phi) is 6.80. The van der Waals surface area contributed by atoms with Crippen LogP contribution < -0.4 is 10.1 Å². The lowest BCUT2D eigenvalue weighted by atomic mass is 9.87. The highest BCUT2D eigenvalue weighted by Gasteiger charge is 2.27. The van der Waals surface area contributed by atoms with Crippen LogP contribution in [-0.2, 0) is 15.0 Å². The fourth-order valence-electron chi connectivity index (χ4n) is 3.62. The second-order valence-electron chi connectivity index (χ2n) is 8.95. The summed E-state index contributed by atoms with van der Waals surface area (Å²) in [6.45, 7) is 9.44. The molecular formula is C25H32N2O3. The molecule has 1 aliphatic rings. The molecule has 2 unspecified atom stereocenters. The topological polar surface area (TPSA) is 58.6 Å². The van der Waals surface area contributed by atoms with Crippen LogP contribution in [0, 0.1) is 0 Å². The van der Waals surface area contributed by atoms with Crippen molar-refractivity contribution in [3.05, 3.63) is 65.7 Å². The molecule has 3 rings (SSSR count). The molecule has 5 nitrogen and oxygen atoms in total. The molecule has 0 radical (unpaired) electrons. The maximum Gasteiger partial charge on any atom is 0.261 e. The fraction of sp³-hybridized carbons (Fsp3) is 0.440. The van der Waals surface area contributed by atoms with Gasteiger partial charge in [-0.3, -0.25) is 9.59 Å². The number of carbonyl (C=O) groups excluding carboxylic acids is 2. The smallest absolute Gasteiger partial charge is 0.261 e. The molecular weight excluding hydrogens is 376 g/mol. The SMILES string of the molecule is CC(Oc1ccc(C(C)(C)C)cc1)C(=O)NC(CN1CCCC1=O)c1ccccc1. The number of nitrogens with one attached hydrogen (secondary N) is 1. The molecule has 2 atom stereocenters. The number of ether oxygens (including phenoxy) is 1. The Morgan fingerprint density at radius 3 is 2.33 bits per heavy atom. The third-order valence-corrected chi connectivity index (χ3v) is 5.50.